The molecule has 0 unspecified atom stereocenters. The number of rotatable bonds is 4. The van der Waals surface area contributed by atoms with E-state index in [1.54, 1.807) is 0 Å². The average Bonchev–Trinajstić information content (AvgIpc) is 3.27. The SMILES string of the molecule is CC1CCC(C=O)(CN2CCN(C3CC3)CC2)CC1. The van der Waals surface area contributed by atoms with Crippen LogP contribution in [0.3, 0.4) is 0 Å². The number of piperazine rings is 1. The zero-order chi connectivity index (χ0) is 13.3. The Labute approximate surface area is 117 Å². The summed E-state index contributed by atoms with van der Waals surface area (Å²) in [6.07, 6.45) is 8.81. The fourth-order valence-electron chi connectivity index (χ4n) is 3.82. The van der Waals surface area contributed by atoms with Gasteiger partial charge in [0.05, 0.1) is 0 Å². The molecule has 0 N–H and O–H groups in total. The normalized spacial score (nSPS) is 38.3. The smallest absolute Gasteiger partial charge is 0.127 e. The van der Waals surface area contributed by atoms with Gasteiger partial charge in [-0.05, 0) is 44.4 Å². The summed E-state index contributed by atoms with van der Waals surface area (Å²) >= 11 is 0. The maximum Gasteiger partial charge on any atom is 0.127 e. The molecule has 0 radical (unpaired) electrons. The van der Waals surface area contributed by atoms with Crippen LogP contribution in [0.2, 0.25) is 0 Å². The van der Waals surface area contributed by atoms with E-state index in [1.807, 2.05) is 0 Å². The molecule has 2 saturated carbocycles. The third kappa shape index (κ3) is 3.19. The summed E-state index contributed by atoms with van der Waals surface area (Å²) in [5.74, 6) is 0.819. The monoisotopic (exact) mass is 264 g/mol. The maximum absolute atomic E-state index is 11.6. The molecule has 1 heterocycles. The molecule has 19 heavy (non-hydrogen) atoms. The molecule has 0 aromatic heterocycles. The van der Waals surface area contributed by atoms with Crippen LogP contribution < -0.4 is 0 Å². The molecule has 1 saturated heterocycles. The fraction of sp³-hybridized carbons (Fsp3) is 0.938. The molecule has 0 bridgehead atoms. The van der Waals surface area contributed by atoms with Crippen LogP contribution >= 0.6 is 0 Å². The molecule has 3 fully saturated rings. The molecule has 2 aliphatic carbocycles. The van der Waals surface area contributed by atoms with E-state index in [-0.39, 0.29) is 5.41 Å². The standard InChI is InChI=1S/C16H28N2O/c1-14-4-6-16(13-19,7-5-14)12-17-8-10-18(11-9-17)15-2-3-15/h13-15H,2-12H2,1H3. The number of carbonyl (C=O) groups excluding carboxylic acids is 1. The lowest BCUT2D eigenvalue weighted by Gasteiger charge is -2.42. The lowest BCUT2D eigenvalue weighted by molar-refractivity contribution is -0.120. The molecule has 3 heteroatoms. The highest BCUT2D eigenvalue weighted by Gasteiger charge is 2.37. The van der Waals surface area contributed by atoms with Crippen molar-refractivity contribution in [2.45, 2.75) is 51.5 Å². The zero-order valence-electron chi connectivity index (χ0n) is 12.3. The van der Waals surface area contributed by atoms with E-state index in [9.17, 15) is 4.79 Å². The van der Waals surface area contributed by atoms with Gasteiger partial charge in [-0.25, -0.2) is 0 Å². The second kappa shape index (κ2) is 5.53. The van der Waals surface area contributed by atoms with Gasteiger partial charge in [-0.2, -0.15) is 0 Å². The first-order valence-corrected chi connectivity index (χ1v) is 8.13. The minimum Gasteiger partial charge on any atom is -0.303 e. The highest BCUT2D eigenvalue weighted by molar-refractivity contribution is 5.60. The highest BCUT2D eigenvalue weighted by Crippen LogP contribution is 2.38. The molecule has 3 nitrogen and oxygen atoms in total. The van der Waals surface area contributed by atoms with Crippen LogP contribution in [-0.4, -0.2) is 54.9 Å². The summed E-state index contributed by atoms with van der Waals surface area (Å²) < 4.78 is 0. The Morgan fingerprint density at radius 1 is 1.05 bits per heavy atom. The van der Waals surface area contributed by atoms with Gasteiger partial charge in [-0.15, -0.1) is 0 Å². The topological polar surface area (TPSA) is 23.6 Å². The van der Waals surface area contributed by atoms with Crippen molar-refractivity contribution in [2.75, 3.05) is 32.7 Å². The summed E-state index contributed by atoms with van der Waals surface area (Å²) in [6, 6.07) is 0.901. The molecule has 3 rings (SSSR count). The summed E-state index contributed by atoms with van der Waals surface area (Å²) in [4.78, 5) is 16.8. The highest BCUT2D eigenvalue weighted by atomic mass is 16.1. The van der Waals surface area contributed by atoms with Crippen molar-refractivity contribution in [3.8, 4) is 0 Å². The number of hydrogen-bond acceptors (Lipinski definition) is 3. The van der Waals surface area contributed by atoms with Gasteiger partial charge >= 0.3 is 0 Å². The molecule has 0 aromatic rings. The van der Waals surface area contributed by atoms with Crippen LogP contribution in [0, 0.1) is 11.3 Å². The molecule has 3 aliphatic rings. The first-order chi connectivity index (χ1) is 9.21. The molecular formula is C16H28N2O. The predicted molar refractivity (Wildman–Crippen MR) is 77.2 cm³/mol. The van der Waals surface area contributed by atoms with E-state index in [0.717, 1.165) is 31.3 Å². The fourth-order valence-corrected chi connectivity index (χ4v) is 3.82. The van der Waals surface area contributed by atoms with Crippen molar-refractivity contribution in [3.63, 3.8) is 0 Å². The van der Waals surface area contributed by atoms with Gasteiger partial charge in [0.25, 0.3) is 0 Å². The quantitative estimate of drug-likeness (QED) is 0.727. The van der Waals surface area contributed by atoms with Crippen LogP contribution in [0.15, 0.2) is 0 Å². The van der Waals surface area contributed by atoms with Crippen molar-refractivity contribution in [3.05, 3.63) is 0 Å². The Morgan fingerprint density at radius 3 is 2.21 bits per heavy atom. The molecule has 0 amide bonds. The van der Waals surface area contributed by atoms with Crippen LogP contribution in [0.5, 0.6) is 0 Å². The first-order valence-electron chi connectivity index (χ1n) is 8.13. The molecular weight excluding hydrogens is 236 g/mol. The molecule has 0 aromatic carbocycles. The summed E-state index contributed by atoms with van der Waals surface area (Å²) in [6.45, 7) is 8.11. The van der Waals surface area contributed by atoms with Gasteiger partial charge in [-0.1, -0.05) is 6.92 Å². The molecule has 1 aliphatic heterocycles. The van der Waals surface area contributed by atoms with Gasteiger partial charge in [0.1, 0.15) is 6.29 Å². The van der Waals surface area contributed by atoms with E-state index >= 15 is 0 Å². The van der Waals surface area contributed by atoms with E-state index in [1.165, 1.54) is 58.1 Å². The van der Waals surface area contributed by atoms with Crippen molar-refractivity contribution < 1.29 is 4.79 Å². The van der Waals surface area contributed by atoms with Crippen molar-refractivity contribution in [1.82, 2.24) is 9.80 Å². The Balaban J connectivity index is 1.50. The summed E-state index contributed by atoms with van der Waals surface area (Å²) in [5, 5.41) is 0. The second-order valence-electron chi connectivity index (χ2n) is 7.21. The van der Waals surface area contributed by atoms with E-state index in [4.69, 9.17) is 0 Å². The van der Waals surface area contributed by atoms with Gasteiger partial charge in [-0.3, -0.25) is 9.80 Å². The van der Waals surface area contributed by atoms with Crippen LogP contribution in [0.4, 0.5) is 0 Å². The van der Waals surface area contributed by atoms with Crippen LogP contribution in [-0.2, 0) is 4.79 Å². The third-order valence-electron chi connectivity index (χ3n) is 5.53. The number of nitrogens with zero attached hydrogens (tertiary/aromatic N) is 2. The first kappa shape index (κ1) is 13.6. The number of hydrogen-bond donors (Lipinski definition) is 0. The van der Waals surface area contributed by atoms with Gasteiger partial charge in [0.15, 0.2) is 0 Å². The van der Waals surface area contributed by atoms with Crippen LogP contribution in [0.1, 0.15) is 45.4 Å². The number of carbonyl (C=O) groups is 1. The van der Waals surface area contributed by atoms with Crippen molar-refractivity contribution in [1.29, 1.82) is 0 Å². The predicted octanol–water partition coefficient (Wildman–Crippen LogP) is 2.16. The van der Waals surface area contributed by atoms with Gasteiger partial charge in [0, 0.05) is 44.2 Å². The summed E-state index contributed by atoms with van der Waals surface area (Å²) in [5.41, 5.74) is -0.0196. The van der Waals surface area contributed by atoms with E-state index in [2.05, 4.69) is 16.7 Å². The number of aldehydes is 1. The lowest BCUT2D eigenvalue weighted by atomic mass is 9.71. The lowest BCUT2D eigenvalue weighted by Crippen LogP contribution is -2.51. The zero-order valence-corrected chi connectivity index (χ0v) is 12.3. The van der Waals surface area contributed by atoms with E-state index < -0.39 is 0 Å². The Kier molecular flexibility index (Phi) is 3.95. The van der Waals surface area contributed by atoms with Crippen molar-refractivity contribution in [2.24, 2.45) is 11.3 Å². The van der Waals surface area contributed by atoms with Gasteiger partial charge < -0.3 is 4.79 Å². The van der Waals surface area contributed by atoms with Crippen molar-refractivity contribution >= 4 is 6.29 Å². The van der Waals surface area contributed by atoms with E-state index in [0.29, 0.717) is 0 Å². The largest absolute Gasteiger partial charge is 0.303 e. The minimum absolute atomic E-state index is 0.0196. The molecule has 108 valence electrons. The maximum atomic E-state index is 11.6. The van der Waals surface area contributed by atoms with Crippen LogP contribution in [0.25, 0.3) is 0 Å². The Hall–Kier alpha value is -0.410. The van der Waals surface area contributed by atoms with Gasteiger partial charge in [0.2, 0.25) is 0 Å². The summed E-state index contributed by atoms with van der Waals surface area (Å²) in [7, 11) is 0. The Bertz CT molecular complexity index is 311. The Morgan fingerprint density at radius 2 is 1.68 bits per heavy atom. The minimum atomic E-state index is -0.0196. The molecule has 0 atom stereocenters. The molecule has 0 spiro atoms. The second-order valence-corrected chi connectivity index (χ2v) is 7.21. The third-order valence-corrected chi connectivity index (χ3v) is 5.53. The average molecular weight is 264 g/mol.